The Kier molecular flexibility index (Phi) is 5.92. The third kappa shape index (κ3) is 4.98. The van der Waals surface area contributed by atoms with Gasteiger partial charge in [0.15, 0.2) is 0 Å². The molecule has 4 amide bonds. The predicted octanol–water partition coefficient (Wildman–Crippen LogP) is 2.66. The van der Waals surface area contributed by atoms with Gasteiger partial charge in [-0.2, -0.15) is 0 Å². The highest BCUT2D eigenvalue weighted by Gasteiger charge is 2.23. The summed E-state index contributed by atoms with van der Waals surface area (Å²) in [5.74, 6) is -1.87. The zero-order chi connectivity index (χ0) is 21.0. The number of nitrogens with zero attached hydrogens (tertiary/aromatic N) is 1. The van der Waals surface area contributed by atoms with Crippen LogP contribution in [0.15, 0.2) is 42.5 Å². The quantitative estimate of drug-likeness (QED) is 0.693. The molecular formula is C21H22N4O4. The topological polar surface area (TPSA) is 108 Å². The number of carbonyl (C=O) groups excluding carboxylic acids is 4. The van der Waals surface area contributed by atoms with Crippen molar-refractivity contribution in [3.8, 4) is 0 Å². The Labute approximate surface area is 168 Å². The minimum atomic E-state index is -0.843. The third-order valence-electron chi connectivity index (χ3n) is 4.48. The number of carbonyl (C=O) groups is 4. The largest absolute Gasteiger partial charge is 0.326 e. The Balaban J connectivity index is 1.68. The van der Waals surface area contributed by atoms with Crippen LogP contribution in [0.3, 0.4) is 0 Å². The first-order valence-corrected chi connectivity index (χ1v) is 9.24. The van der Waals surface area contributed by atoms with E-state index in [1.54, 1.807) is 47.4 Å². The fourth-order valence-electron chi connectivity index (χ4n) is 3.13. The lowest BCUT2D eigenvalue weighted by Crippen LogP contribution is -2.29. The van der Waals surface area contributed by atoms with Crippen LogP contribution in [0.5, 0.6) is 0 Å². The number of rotatable bonds is 4. The first-order chi connectivity index (χ1) is 13.8. The Bertz CT molecular complexity index is 986. The molecule has 0 atom stereocenters. The molecule has 2 aromatic rings. The molecule has 2 aromatic carbocycles. The van der Waals surface area contributed by atoms with Crippen molar-refractivity contribution >= 4 is 46.4 Å². The lowest BCUT2D eigenvalue weighted by atomic mass is 10.1. The van der Waals surface area contributed by atoms with Crippen LogP contribution in [0.4, 0.5) is 22.7 Å². The van der Waals surface area contributed by atoms with Crippen molar-refractivity contribution < 1.29 is 19.2 Å². The normalized spacial score (nSPS) is 13.2. The van der Waals surface area contributed by atoms with Gasteiger partial charge in [-0.05, 0) is 49.2 Å². The van der Waals surface area contributed by atoms with Gasteiger partial charge in [0.25, 0.3) is 0 Å². The predicted molar refractivity (Wildman–Crippen MR) is 111 cm³/mol. The average Bonchev–Trinajstić information content (AvgIpc) is 3.08. The summed E-state index contributed by atoms with van der Waals surface area (Å²) >= 11 is 0. The van der Waals surface area contributed by atoms with E-state index in [0.29, 0.717) is 30.0 Å². The molecule has 1 heterocycles. The van der Waals surface area contributed by atoms with Crippen molar-refractivity contribution in [2.24, 2.45) is 0 Å². The van der Waals surface area contributed by atoms with E-state index in [-0.39, 0.29) is 11.8 Å². The van der Waals surface area contributed by atoms with E-state index in [4.69, 9.17) is 0 Å². The molecule has 1 fully saturated rings. The third-order valence-corrected chi connectivity index (χ3v) is 4.48. The lowest BCUT2D eigenvalue weighted by molar-refractivity contribution is -0.132. The first-order valence-electron chi connectivity index (χ1n) is 9.24. The molecule has 0 spiro atoms. The van der Waals surface area contributed by atoms with Crippen LogP contribution in [0.1, 0.15) is 25.3 Å². The highest BCUT2D eigenvalue weighted by atomic mass is 16.2. The maximum absolute atomic E-state index is 12.3. The molecule has 150 valence electrons. The van der Waals surface area contributed by atoms with Crippen LogP contribution in [-0.4, -0.2) is 30.2 Å². The molecule has 3 N–H and O–H groups in total. The van der Waals surface area contributed by atoms with Crippen molar-refractivity contribution in [2.75, 3.05) is 27.4 Å². The van der Waals surface area contributed by atoms with Crippen molar-refractivity contribution in [3.63, 3.8) is 0 Å². The van der Waals surface area contributed by atoms with Gasteiger partial charge in [0, 0.05) is 42.6 Å². The van der Waals surface area contributed by atoms with Gasteiger partial charge < -0.3 is 20.9 Å². The summed E-state index contributed by atoms with van der Waals surface area (Å²) in [5, 5.41) is 7.66. The highest BCUT2D eigenvalue weighted by Crippen LogP contribution is 2.28. The van der Waals surface area contributed by atoms with E-state index in [9.17, 15) is 19.2 Å². The van der Waals surface area contributed by atoms with Crippen molar-refractivity contribution in [2.45, 2.75) is 26.7 Å². The maximum atomic E-state index is 12.3. The minimum Gasteiger partial charge on any atom is -0.326 e. The second-order valence-corrected chi connectivity index (χ2v) is 6.82. The molecule has 0 aromatic heterocycles. The van der Waals surface area contributed by atoms with E-state index in [1.807, 2.05) is 6.92 Å². The Morgan fingerprint density at radius 3 is 2.10 bits per heavy atom. The zero-order valence-corrected chi connectivity index (χ0v) is 16.2. The monoisotopic (exact) mass is 394 g/mol. The Morgan fingerprint density at radius 1 is 0.897 bits per heavy atom. The molecule has 1 aliphatic rings. The summed E-state index contributed by atoms with van der Waals surface area (Å²) in [4.78, 5) is 49.4. The van der Waals surface area contributed by atoms with Crippen molar-refractivity contribution in [1.29, 1.82) is 0 Å². The molecule has 29 heavy (non-hydrogen) atoms. The molecule has 0 aliphatic carbocycles. The molecule has 8 heteroatoms. The summed E-state index contributed by atoms with van der Waals surface area (Å²) in [6.45, 7) is 3.91. The number of benzene rings is 2. The van der Waals surface area contributed by atoms with Gasteiger partial charge in [-0.25, -0.2) is 0 Å². The van der Waals surface area contributed by atoms with Crippen molar-refractivity contribution in [3.05, 3.63) is 48.0 Å². The molecule has 0 bridgehead atoms. The number of anilines is 4. The fraction of sp³-hybridized carbons (Fsp3) is 0.238. The molecule has 0 radical (unpaired) electrons. The number of amides is 4. The van der Waals surface area contributed by atoms with E-state index in [2.05, 4.69) is 16.0 Å². The molecule has 8 nitrogen and oxygen atoms in total. The molecule has 3 rings (SSSR count). The molecule has 0 unspecified atom stereocenters. The summed E-state index contributed by atoms with van der Waals surface area (Å²) < 4.78 is 0. The number of aryl methyl sites for hydroxylation is 1. The molecule has 1 saturated heterocycles. The van der Waals surface area contributed by atoms with Gasteiger partial charge >= 0.3 is 11.8 Å². The second-order valence-electron chi connectivity index (χ2n) is 6.82. The lowest BCUT2D eigenvalue weighted by Gasteiger charge is -2.19. The summed E-state index contributed by atoms with van der Waals surface area (Å²) in [6, 6.07) is 11.7. The van der Waals surface area contributed by atoms with Gasteiger partial charge in [-0.3, -0.25) is 19.2 Å². The van der Waals surface area contributed by atoms with E-state index in [0.717, 1.165) is 17.7 Å². The van der Waals surface area contributed by atoms with Crippen LogP contribution in [-0.2, 0) is 19.2 Å². The number of hydrogen-bond donors (Lipinski definition) is 3. The number of nitrogens with one attached hydrogen (secondary N) is 3. The zero-order valence-electron chi connectivity index (χ0n) is 16.2. The average molecular weight is 394 g/mol. The molecule has 1 aliphatic heterocycles. The van der Waals surface area contributed by atoms with E-state index < -0.39 is 11.8 Å². The second kappa shape index (κ2) is 8.55. The van der Waals surface area contributed by atoms with Crippen molar-refractivity contribution in [1.82, 2.24) is 0 Å². The number of hydrogen-bond acceptors (Lipinski definition) is 4. The molecular weight excluding hydrogens is 372 g/mol. The van der Waals surface area contributed by atoms with Gasteiger partial charge in [0.2, 0.25) is 11.8 Å². The summed E-state index contributed by atoms with van der Waals surface area (Å²) in [7, 11) is 0. The molecule has 0 saturated carbocycles. The van der Waals surface area contributed by atoms with Crippen LogP contribution < -0.4 is 20.9 Å². The fourth-order valence-corrected chi connectivity index (χ4v) is 3.13. The van der Waals surface area contributed by atoms with Crippen LogP contribution in [0.2, 0.25) is 0 Å². The Morgan fingerprint density at radius 2 is 1.52 bits per heavy atom. The maximum Gasteiger partial charge on any atom is 0.314 e. The Hall–Kier alpha value is -3.68. The summed E-state index contributed by atoms with van der Waals surface area (Å²) in [5.41, 5.74) is 2.96. The van der Waals surface area contributed by atoms with Crippen LogP contribution in [0.25, 0.3) is 0 Å². The van der Waals surface area contributed by atoms with Gasteiger partial charge in [0.1, 0.15) is 0 Å². The SMILES string of the molecule is CC(=O)Nc1cccc(NC(=O)C(=O)Nc2ccc(C)c(N3CCCC3=O)c2)c1. The van der Waals surface area contributed by atoms with Gasteiger partial charge in [-0.15, -0.1) is 0 Å². The van der Waals surface area contributed by atoms with Gasteiger partial charge in [0.05, 0.1) is 0 Å². The summed E-state index contributed by atoms with van der Waals surface area (Å²) in [6.07, 6.45) is 1.31. The van der Waals surface area contributed by atoms with Crippen LogP contribution >= 0.6 is 0 Å². The minimum absolute atomic E-state index is 0.0494. The smallest absolute Gasteiger partial charge is 0.314 e. The first kappa shape index (κ1) is 20.1. The standard InChI is InChI=1S/C21H22N4O4/c1-13-8-9-17(12-18(13)25-10-4-7-19(25)27)24-21(29)20(28)23-16-6-3-5-15(11-16)22-14(2)26/h3,5-6,8-9,11-12H,4,7,10H2,1-2H3,(H,22,26)(H,23,28)(H,24,29). The van der Waals surface area contributed by atoms with E-state index in [1.165, 1.54) is 6.92 Å². The highest BCUT2D eigenvalue weighted by molar-refractivity contribution is 6.43. The van der Waals surface area contributed by atoms with Gasteiger partial charge in [-0.1, -0.05) is 12.1 Å². The van der Waals surface area contributed by atoms with E-state index >= 15 is 0 Å². The van der Waals surface area contributed by atoms with Crippen LogP contribution in [0, 0.1) is 6.92 Å².